The molecule has 1 aliphatic rings. The highest BCUT2D eigenvalue weighted by Crippen LogP contribution is 2.12. The Hall–Kier alpha value is -1.30. The lowest BCUT2D eigenvalue weighted by Crippen LogP contribution is -2.50. The van der Waals surface area contributed by atoms with Crippen molar-refractivity contribution in [1.29, 1.82) is 0 Å². The van der Waals surface area contributed by atoms with Gasteiger partial charge in [0.2, 0.25) is 0 Å². The van der Waals surface area contributed by atoms with Crippen LogP contribution in [0, 0.1) is 0 Å². The summed E-state index contributed by atoms with van der Waals surface area (Å²) in [6.45, 7) is 4.84. The number of piperidine rings is 1. The van der Waals surface area contributed by atoms with Crippen LogP contribution >= 0.6 is 0 Å². The molecular weight excluding hydrogens is 234 g/mol. The van der Waals surface area contributed by atoms with Crippen molar-refractivity contribution in [1.82, 2.24) is 15.5 Å². The third-order valence-electron chi connectivity index (χ3n) is 3.09. The summed E-state index contributed by atoms with van der Waals surface area (Å²) in [6.07, 6.45) is 2.81. The van der Waals surface area contributed by atoms with Crippen molar-refractivity contribution < 1.29 is 14.7 Å². The first-order chi connectivity index (χ1) is 8.65. The van der Waals surface area contributed by atoms with Gasteiger partial charge in [-0.2, -0.15) is 0 Å². The number of aliphatic carboxylic acids is 1. The molecule has 2 amide bonds. The zero-order valence-corrected chi connectivity index (χ0v) is 10.9. The van der Waals surface area contributed by atoms with E-state index >= 15 is 0 Å². The van der Waals surface area contributed by atoms with Gasteiger partial charge in [0.05, 0.1) is 6.42 Å². The maximum Gasteiger partial charge on any atom is 0.317 e. The van der Waals surface area contributed by atoms with Gasteiger partial charge in [-0.15, -0.1) is 0 Å². The fourth-order valence-corrected chi connectivity index (χ4v) is 2.19. The molecule has 1 fully saturated rings. The van der Waals surface area contributed by atoms with Crippen molar-refractivity contribution in [3.05, 3.63) is 0 Å². The molecule has 0 spiro atoms. The van der Waals surface area contributed by atoms with E-state index < -0.39 is 5.97 Å². The van der Waals surface area contributed by atoms with Crippen LogP contribution in [0.5, 0.6) is 0 Å². The molecule has 18 heavy (non-hydrogen) atoms. The Bertz CT molecular complexity index is 278. The third kappa shape index (κ3) is 4.91. The van der Waals surface area contributed by atoms with E-state index in [1.54, 1.807) is 0 Å². The van der Waals surface area contributed by atoms with Crippen LogP contribution in [-0.2, 0) is 4.79 Å². The van der Waals surface area contributed by atoms with Crippen LogP contribution in [0.4, 0.5) is 4.79 Å². The summed E-state index contributed by atoms with van der Waals surface area (Å²) in [4.78, 5) is 24.3. The lowest BCUT2D eigenvalue weighted by Gasteiger charge is -2.34. The second kappa shape index (κ2) is 7.92. The minimum absolute atomic E-state index is 0.0298. The van der Waals surface area contributed by atoms with Gasteiger partial charge in [0.25, 0.3) is 0 Å². The lowest BCUT2D eigenvalue weighted by atomic mass is 10.0. The molecule has 1 aliphatic heterocycles. The van der Waals surface area contributed by atoms with Crippen LogP contribution in [0.15, 0.2) is 0 Å². The summed E-state index contributed by atoms with van der Waals surface area (Å²) in [5.74, 6) is -0.890. The average Bonchev–Trinajstić information content (AvgIpc) is 2.36. The maximum absolute atomic E-state index is 12.0. The van der Waals surface area contributed by atoms with Crippen molar-refractivity contribution in [2.75, 3.05) is 26.2 Å². The number of amides is 2. The molecule has 6 nitrogen and oxygen atoms in total. The summed E-state index contributed by atoms with van der Waals surface area (Å²) in [7, 11) is 0. The predicted octanol–water partition coefficient (Wildman–Crippen LogP) is 0.635. The maximum atomic E-state index is 12.0. The summed E-state index contributed by atoms with van der Waals surface area (Å²) in [5, 5.41) is 14.5. The van der Waals surface area contributed by atoms with Gasteiger partial charge in [-0.1, -0.05) is 6.92 Å². The fraction of sp³-hybridized carbons (Fsp3) is 0.833. The zero-order valence-electron chi connectivity index (χ0n) is 10.9. The Balaban J connectivity index is 2.43. The molecule has 0 aliphatic carbocycles. The monoisotopic (exact) mass is 257 g/mol. The number of carbonyl (C=O) groups is 2. The highest BCUT2D eigenvalue weighted by Gasteiger charge is 2.24. The van der Waals surface area contributed by atoms with Gasteiger partial charge in [-0.25, -0.2) is 4.79 Å². The van der Waals surface area contributed by atoms with Gasteiger partial charge >= 0.3 is 12.0 Å². The van der Waals surface area contributed by atoms with Crippen LogP contribution in [0.1, 0.15) is 32.6 Å². The minimum atomic E-state index is -0.890. The minimum Gasteiger partial charge on any atom is -0.481 e. The smallest absolute Gasteiger partial charge is 0.317 e. The van der Waals surface area contributed by atoms with Gasteiger partial charge in [-0.3, -0.25) is 4.79 Å². The fourth-order valence-electron chi connectivity index (χ4n) is 2.19. The number of urea groups is 1. The average molecular weight is 257 g/mol. The van der Waals surface area contributed by atoms with Crippen LogP contribution in [-0.4, -0.2) is 54.2 Å². The Kier molecular flexibility index (Phi) is 6.49. The molecule has 6 heteroatoms. The Morgan fingerprint density at radius 2 is 2.06 bits per heavy atom. The van der Waals surface area contributed by atoms with Crippen LogP contribution in [0.2, 0.25) is 0 Å². The molecule has 1 rings (SSSR count). The van der Waals surface area contributed by atoms with Crippen molar-refractivity contribution in [2.45, 2.75) is 38.6 Å². The molecule has 1 saturated heterocycles. The van der Waals surface area contributed by atoms with E-state index in [-0.39, 0.29) is 25.0 Å². The number of nitrogens with one attached hydrogen (secondary N) is 2. The van der Waals surface area contributed by atoms with Gasteiger partial charge in [0, 0.05) is 19.1 Å². The molecule has 0 aromatic heterocycles. The van der Waals surface area contributed by atoms with Crippen molar-refractivity contribution in [3.8, 4) is 0 Å². The van der Waals surface area contributed by atoms with E-state index in [0.29, 0.717) is 0 Å². The van der Waals surface area contributed by atoms with Gasteiger partial charge in [0.1, 0.15) is 0 Å². The molecule has 0 aromatic rings. The predicted molar refractivity (Wildman–Crippen MR) is 68.5 cm³/mol. The van der Waals surface area contributed by atoms with Gasteiger partial charge in [0.15, 0.2) is 0 Å². The van der Waals surface area contributed by atoms with Crippen molar-refractivity contribution in [2.24, 2.45) is 0 Å². The largest absolute Gasteiger partial charge is 0.481 e. The molecule has 0 radical (unpaired) electrons. The Morgan fingerprint density at radius 3 is 2.61 bits per heavy atom. The number of carboxylic acids is 1. The van der Waals surface area contributed by atoms with Crippen LogP contribution in [0.25, 0.3) is 0 Å². The van der Waals surface area contributed by atoms with Crippen molar-refractivity contribution in [3.63, 3.8) is 0 Å². The molecule has 0 unspecified atom stereocenters. The number of carbonyl (C=O) groups excluding carboxylic acids is 1. The van der Waals surface area contributed by atoms with E-state index in [1.165, 1.54) is 0 Å². The summed E-state index contributed by atoms with van der Waals surface area (Å²) in [6, 6.07) is 0.140. The van der Waals surface area contributed by atoms with E-state index in [1.807, 2.05) is 11.8 Å². The van der Waals surface area contributed by atoms with Gasteiger partial charge < -0.3 is 20.6 Å². The quantitative estimate of drug-likeness (QED) is 0.652. The summed E-state index contributed by atoms with van der Waals surface area (Å²) in [5.41, 5.74) is 0. The summed E-state index contributed by atoms with van der Waals surface area (Å²) < 4.78 is 0. The molecular formula is C12H23N3O3. The molecule has 104 valence electrons. The van der Waals surface area contributed by atoms with E-state index in [2.05, 4.69) is 10.6 Å². The molecule has 1 heterocycles. The normalized spacial score (nSPS) is 16.3. The Morgan fingerprint density at radius 1 is 1.39 bits per heavy atom. The number of carboxylic acid groups (broad SMARTS) is 1. The molecule has 3 N–H and O–H groups in total. The number of rotatable bonds is 6. The Labute approximate surface area is 108 Å². The highest BCUT2D eigenvalue weighted by molar-refractivity contribution is 5.75. The molecule has 0 bridgehead atoms. The molecule has 0 aromatic carbocycles. The van der Waals surface area contributed by atoms with Crippen molar-refractivity contribution >= 4 is 12.0 Å². The highest BCUT2D eigenvalue weighted by atomic mass is 16.4. The zero-order chi connectivity index (χ0) is 13.4. The third-order valence-corrected chi connectivity index (χ3v) is 3.09. The van der Waals surface area contributed by atoms with E-state index in [4.69, 9.17) is 5.11 Å². The van der Waals surface area contributed by atoms with E-state index in [0.717, 1.165) is 38.9 Å². The van der Waals surface area contributed by atoms with Crippen LogP contribution in [0.3, 0.4) is 0 Å². The molecule has 0 saturated carbocycles. The SMILES string of the molecule is CCCN(C(=O)NCCC(=O)O)C1CCNCC1. The van der Waals surface area contributed by atoms with Crippen LogP contribution < -0.4 is 10.6 Å². The first kappa shape index (κ1) is 14.8. The molecule has 0 atom stereocenters. The summed E-state index contributed by atoms with van der Waals surface area (Å²) >= 11 is 0. The number of hydrogen-bond acceptors (Lipinski definition) is 3. The second-order valence-corrected chi connectivity index (χ2v) is 4.55. The second-order valence-electron chi connectivity index (χ2n) is 4.55. The standard InChI is InChI=1S/C12H23N3O3/c1-2-9-15(10-3-6-13-7-4-10)12(18)14-8-5-11(16)17/h10,13H,2-9H2,1H3,(H,14,18)(H,16,17). The first-order valence-electron chi connectivity index (χ1n) is 6.62. The van der Waals surface area contributed by atoms with E-state index in [9.17, 15) is 9.59 Å². The topological polar surface area (TPSA) is 81.7 Å². The lowest BCUT2D eigenvalue weighted by molar-refractivity contribution is -0.136. The van der Waals surface area contributed by atoms with Gasteiger partial charge in [-0.05, 0) is 32.4 Å². The number of hydrogen-bond donors (Lipinski definition) is 3. The number of nitrogens with zero attached hydrogens (tertiary/aromatic N) is 1. The first-order valence-corrected chi connectivity index (χ1v) is 6.62.